The van der Waals surface area contributed by atoms with Crippen molar-refractivity contribution in [2.24, 2.45) is 0 Å². The van der Waals surface area contributed by atoms with E-state index in [0.717, 1.165) is 23.7 Å². The molecule has 0 saturated carbocycles. The Bertz CT molecular complexity index is 399. The second-order valence-corrected chi connectivity index (χ2v) is 5.79. The first-order chi connectivity index (χ1) is 8.61. The zero-order chi connectivity index (χ0) is 13.1. The second kappa shape index (κ2) is 6.14. The lowest BCUT2D eigenvalue weighted by Crippen LogP contribution is -2.42. The third-order valence-electron chi connectivity index (χ3n) is 3.72. The maximum absolute atomic E-state index is 6.02. The monoisotopic (exact) mass is 286 g/mol. The fourth-order valence-electron chi connectivity index (χ4n) is 2.59. The van der Waals surface area contributed by atoms with Gasteiger partial charge < -0.3 is 9.80 Å². The maximum atomic E-state index is 6.02. The van der Waals surface area contributed by atoms with Crippen molar-refractivity contribution in [3.8, 4) is 0 Å². The van der Waals surface area contributed by atoms with Crippen LogP contribution in [-0.4, -0.2) is 38.1 Å². The van der Waals surface area contributed by atoms with Crippen LogP contribution in [-0.2, 0) is 5.88 Å². The van der Waals surface area contributed by atoms with Crippen LogP contribution in [0.1, 0.15) is 18.4 Å². The molecule has 1 saturated heterocycles. The van der Waals surface area contributed by atoms with Crippen LogP contribution >= 0.6 is 23.2 Å². The van der Waals surface area contributed by atoms with Crippen LogP contribution in [0.3, 0.4) is 0 Å². The first kappa shape index (κ1) is 14.0. The Balaban J connectivity index is 2.09. The molecule has 0 bridgehead atoms. The van der Waals surface area contributed by atoms with Crippen molar-refractivity contribution in [3.05, 3.63) is 28.8 Å². The average molecular weight is 287 g/mol. The highest BCUT2D eigenvalue weighted by Gasteiger charge is 2.21. The van der Waals surface area contributed by atoms with Crippen LogP contribution in [0.4, 0.5) is 5.69 Å². The van der Waals surface area contributed by atoms with Crippen molar-refractivity contribution in [3.63, 3.8) is 0 Å². The van der Waals surface area contributed by atoms with E-state index in [2.05, 4.69) is 30.0 Å². The Morgan fingerprint density at radius 1 is 1.28 bits per heavy atom. The van der Waals surface area contributed by atoms with E-state index in [-0.39, 0.29) is 0 Å². The van der Waals surface area contributed by atoms with E-state index in [4.69, 9.17) is 23.2 Å². The molecule has 0 amide bonds. The normalized spacial score (nSPS) is 17.5. The van der Waals surface area contributed by atoms with Gasteiger partial charge in [0.25, 0.3) is 0 Å². The minimum atomic E-state index is 0.517. The molecule has 1 aliphatic heterocycles. The van der Waals surface area contributed by atoms with Gasteiger partial charge in [0, 0.05) is 35.7 Å². The van der Waals surface area contributed by atoms with Crippen molar-refractivity contribution < 1.29 is 0 Å². The molecule has 0 spiro atoms. The predicted molar refractivity (Wildman–Crippen MR) is 79.9 cm³/mol. The average Bonchev–Trinajstić information content (AvgIpc) is 2.38. The zero-order valence-electron chi connectivity index (χ0n) is 11.0. The van der Waals surface area contributed by atoms with Crippen LogP contribution in [0, 0.1) is 0 Å². The minimum Gasteiger partial charge on any atom is -0.371 e. The lowest BCUT2D eigenvalue weighted by Gasteiger charge is -2.37. The standard InChI is InChI=1S/C14H20Cl2N2/c1-17(2)13-5-7-18(8-6-13)14-4-3-12(16)9-11(14)10-15/h3-4,9,13H,5-8,10H2,1-2H3. The fraction of sp³-hybridized carbons (Fsp3) is 0.571. The molecular formula is C14H20Cl2N2. The van der Waals surface area contributed by atoms with Gasteiger partial charge >= 0.3 is 0 Å². The molecule has 1 aliphatic rings. The Kier molecular flexibility index (Phi) is 4.77. The molecule has 1 aromatic carbocycles. The summed E-state index contributed by atoms with van der Waals surface area (Å²) in [6, 6.07) is 6.72. The van der Waals surface area contributed by atoms with Crippen LogP contribution in [0.15, 0.2) is 18.2 Å². The molecule has 0 aliphatic carbocycles. The minimum absolute atomic E-state index is 0.517. The van der Waals surface area contributed by atoms with Gasteiger partial charge in [-0.25, -0.2) is 0 Å². The van der Waals surface area contributed by atoms with Gasteiger partial charge in [-0.2, -0.15) is 0 Å². The van der Waals surface area contributed by atoms with Gasteiger partial charge in [0.15, 0.2) is 0 Å². The lowest BCUT2D eigenvalue weighted by molar-refractivity contribution is 0.249. The number of nitrogens with zero attached hydrogens (tertiary/aromatic N) is 2. The number of hydrogen-bond acceptors (Lipinski definition) is 2. The molecule has 0 radical (unpaired) electrons. The number of halogens is 2. The summed E-state index contributed by atoms with van der Waals surface area (Å²) in [7, 11) is 4.32. The smallest absolute Gasteiger partial charge is 0.0495 e. The third-order valence-corrected chi connectivity index (χ3v) is 4.24. The topological polar surface area (TPSA) is 6.48 Å². The number of rotatable bonds is 3. The van der Waals surface area contributed by atoms with E-state index in [1.54, 1.807) is 0 Å². The van der Waals surface area contributed by atoms with E-state index >= 15 is 0 Å². The Hall–Kier alpha value is -0.440. The van der Waals surface area contributed by atoms with Crippen molar-refractivity contribution in [2.75, 3.05) is 32.1 Å². The summed E-state index contributed by atoms with van der Waals surface area (Å²) in [5.41, 5.74) is 2.37. The van der Waals surface area contributed by atoms with Gasteiger partial charge in [-0.3, -0.25) is 0 Å². The summed E-state index contributed by atoms with van der Waals surface area (Å²) in [6.45, 7) is 2.18. The van der Waals surface area contributed by atoms with Crippen molar-refractivity contribution in [1.82, 2.24) is 4.90 Å². The van der Waals surface area contributed by atoms with E-state index < -0.39 is 0 Å². The van der Waals surface area contributed by atoms with Gasteiger partial charge in [-0.1, -0.05) is 11.6 Å². The number of anilines is 1. The van der Waals surface area contributed by atoms with Gasteiger partial charge in [-0.15, -0.1) is 11.6 Å². The highest BCUT2D eigenvalue weighted by atomic mass is 35.5. The molecule has 1 heterocycles. The SMILES string of the molecule is CN(C)C1CCN(c2ccc(Cl)cc2CCl)CC1. The van der Waals surface area contributed by atoms with Crippen molar-refractivity contribution >= 4 is 28.9 Å². The largest absolute Gasteiger partial charge is 0.371 e. The summed E-state index contributed by atoms with van der Waals surface area (Å²) in [5, 5.41) is 0.762. The first-order valence-corrected chi connectivity index (χ1v) is 7.29. The molecule has 1 fully saturated rings. The molecule has 100 valence electrons. The number of hydrogen-bond donors (Lipinski definition) is 0. The fourth-order valence-corrected chi connectivity index (χ4v) is 3.00. The van der Waals surface area contributed by atoms with Crippen molar-refractivity contribution in [1.29, 1.82) is 0 Å². The molecule has 18 heavy (non-hydrogen) atoms. The highest BCUT2D eigenvalue weighted by Crippen LogP contribution is 2.28. The Morgan fingerprint density at radius 2 is 1.94 bits per heavy atom. The van der Waals surface area contributed by atoms with Gasteiger partial charge in [0.1, 0.15) is 0 Å². The molecule has 0 aromatic heterocycles. The summed E-state index contributed by atoms with van der Waals surface area (Å²) in [5.74, 6) is 0.517. The first-order valence-electron chi connectivity index (χ1n) is 6.37. The molecule has 2 nitrogen and oxygen atoms in total. The maximum Gasteiger partial charge on any atom is 0.0495 e. The third kappa shape index (κ3) is 3.11. The Labute approximate surface area is 119 Å². The van der Waals surface area contributed by atoms with Gasteiger partial charge in [-0.05, 0) is 50.7 Å². The number of alkyl halides is 1. The van der Waals surface area contributed by atoms with Crippen LogP contribution in [0.5, 0.6) is 0 Å². The number of benzene rings is 1. The zero-order valence-corrected chi connectivity index (χ0v) is 12.5. The van der Waals surface area contributed by atoms with Gasteiger partial charge in [0.05, 0.1) is 0 Å². The predicted octanol–water partition coefficient (Wildman–Crippen LogP) is 3.61. The lowest BCUT2D eigenvalue weighted by atomic mass is 10.0. The summed E-state index contributed by atoms with van der Waals surface area (Å²) < 4.78 is 0. The van der Waals surface area contributed by atoms with Crippen LogP contribution in [0.25, 0.3) is 0 Å². The molecule has 1 aromatic rings. The second-order valence-electron chi connectivity index (χ2n) is 5.09. The molecule has 0 N–H and O–H groups in total. The summed E-state index contributed by atoms with van der Waals surface area (Å²) in [4.78, 5) is 4.75. The summed E-state index contributed by atoms with van der Waals surface area (Å²) >= 11 is 12.0. The highest BCUT2D eigenvalue weighted by molar-refractivity contribution is 6.30. The molecule has 0 unspecified atom stereocenters. The molecule has 2 rings (SSSR count). The van der Waals surface area contributed by atoms with E-state index in [1.807, 2.05) is 12.1 Å². The van der Waals surface area contributed by atoms with Gasteiger partial charge in [0.2, 0.25) is 0 Å². The Morgan fingerprint density at radius 3 is 2.50 bits per heavy atom. The van der Waals surface area contributed by atoms with E-state index in [1.165, 1.54) is 18.5 Å². The van der Waals surface area contributed by atoms with Crippen LogP contribution < -0.4 is 4.90 Å². The van der Waals surface area contributed by atoms with E-state index in [9.17, 15) is 0 Å². The molecule has 4 heteroatoms. The van der Waals surface area contributed by atoms with Crippen LogP contribution in [0.2, 0.25) is 5.02 Å². The summed E-state index contributed by atoms with van der Waals surface area (Å²) in [6.07, 6.45) is 2.41. The van der Waals surface area contributed by atoms with Crippen molar-refractivity contribution in [2.45, 2.75) is 24.8 Å². The van der Waals surface area contributed by atoms with E-state index in [0.29, 0.717) is 11.9 Å². The number of piperidine rings is 1. The molecular weight excluding hydrogens is 267 g/mol. The quantitative estimate of drug-likeness (QED) is 0.784. The molecule has 0 atom stereocenters.